The zero-order valence-corrected chi connectivity index (χ0v) is 8.45. The fourth-order valence-corrected chi connectivity index (χ4v) is 1.11. The summed E-state index contributed by atoms with van der Waals surface area (Å²) < 4.78 is 43.9. The van der Waals surface area contributed by atoms with Crippen molar-refractivity contribution in [2.45, 2.75) is 0 Å². The van der Waals surface area contributed by atoms with Crippen molar-refractivity contribution in [3.63, 3.8) is 0 Å². The second kappa shape index (κ2) is 4.90. The zero-order valence-electron chi connectivity index (χ0n) is 7.69. The van der Waals surface area contributed by atoms with Crippen molar-refractivity contribution in [1.29, 1.82) is 0 Å². The summed E-state index contributed by atoms with van der Waals surface area (Å²) in [6.45, 7) is -0.429. The van der Waals surface area contributed by atoms with Gasteiger partial charge >= 0.3 is 0 Å². The lowest BCUT2D eigenvalue weighted by Crippen LogP contribution is -2.06. The van der Waals surface area contributed by atoms with Gasteiger partial charge in [-0.15, -0.1) is 6.42 Å². The molecule has 0 amide bonds. The van der Waals surface area contributed by atoms with Crippen LogP contribution in [0, 0.1) is 29.8 Å². The van der Waals surface area contributed by atoms with Crippen molar-refractivity contribution in [1.82, 2.24) is 0 Å². The maximum absolute atomic E-state index is 13.2. The molecule has 1 aromatic carbocycles. The standard InChI is InChI=1S/C10H4ClF3O2/c1-2-3-16-9-6(12)4-5(10(11)15)7(13)8(9)14/h1,4H,3H2. The normalized spacial score (nSPS) is 9.69. The molecule has 1 rings (SSSR count). The number of terminal acetylenes is 1. The molecule has 0 N–H and O–H groups in total. The van der Waals surface area contributed by atoms with E-state index in [4.69, 9.17) is 18.0 Å². The number of hydrogen-bond acceptors (Lipinski definition) is 2. The Balaban J connectivity index is 3.29. The third kappa shape index (κ3) is 2.28. The first kappa shape index (κ1) is 12.4. The molecule has 0 spiro atoms. The second-order valence-corrected chi connectivity index (χ2v) is 2.97. The van der Waals surface area contributed by atoms with Crippen LogP contribution in [-0.4, -0.2) is 11.8 Å². The maximum Gasteiger partial charge on any atom is 0.255 e. The first-order valence-corrected chi connectivity index (χ1v) is 4.30. The lowest BCUT2D eigenvalue weighted by atomic mass is 10.2. The highest BCUT2D eigenvalue weighted by molar-refractivity contribution is 6.67. The Bertz CT molecular complexity index is 480. The first-order chi connectivity index (χ1) is 7.49. The van der Waals surface area contributed by atoms with E-state index in [2.05, 4.69) is 4.74 Å². The molecule has 16 heavy (non-hydrogen) atoms. The molecule has 0 saturated carbocycles. The van der Waals surface area contributed by atoms with Crippen molar-refractivity contribution in [2.24, 2.45) is 0 Å². The van der Waals surface area contributed by atoms with Crippen LogP contribution in [0.3, 0.4) is 0 Å². The molecule has 0 saturated heterocycles. The van der Waals surface area contributed by atoms with Gasteiger partial charge in [-0.05, 0) is 17.7 Å². The lowest BCUT2D eigenvalue weighted by molar-refractivity contribution is 0.107. The van der Waals surface area contributed by atoms with E-state index < -0.39 is 40.6 Å². The summed E-state index contributed by atoms with van der Waals surface area (Å²) in [4.78, 5) is 10.6. The summed E-state index contributed by atoms with van der Waals surface area (Å²) in [5, 5.41) is -1.31. The Morgan fingerprint density at radius 3 is 2.56 bits per heavy atom. The Hall–Kier alpha value is -1.67. The molecule has 84 valence electrons. The van der Waals surface area contributed by atoms with E-state index in [1.807, 2.05) is 5.92 Å². The van der Waals surface area contributed by atoms with Crippen molar-refractivity contribution in [2.75, 3.05) is 6.61 Å². The van der Waals surface area contributed by atoms with Gasteiger partial charge in [0.1, 0.15) is 6.61 Å². The number of hydrogen-bond donors (Lipinski definition) is 0. The largest absolute Gasteiger partial charge is 0.475 e. The van der Waals surface area contributed by atoms with Crippen LogP contribution >= 0.6 is 11.6 Å². The van der Waals surface area contributed by atoms with Crippen LogP contribution in [0.1, 0.15) is 10.4 Å². The van der Waals surface area contributed by atoms with E-state index in [-0.39, 0.29) is 0 Å². The molecular formula is C10H4ClF3O2. The molecule has 2 nitrogen and oxygen atoms in total. The first-order valence-electron chi connectivity index (χ1n) is 3.92. The van der Waals surface area contributed by atoms with E-state index >= 15 is 0 Å². The van der Waals surface area contributed by atoms with Crippen molar-refractivity contribution < 1.29 is 22.7 Å². The van der Waals surface area contributed by atoms with E-state index in [0.717, 1.165) is 0 Å². The molecule has 0 unspecified atom stereocenters. The van der Waals surface area contributed by atoms with Crippen LogP contribution in [-0.2, 0) is 0 Å². The quantitative estimate of drug-likeness (QED) is 0.467. The topological polar surface area (TPSA) is 26.3 Å². The third-order valence-electron chi connectivity index (χ3n) is 1.63. The van der Waals surface area contributed by atoms with Crippen LogP contribution < -0.4 is 4.74 Å². The summed E-state index contributed by atoms with van der Waals surface area (Å²) in [5.41, 5.74) is -0.898. The predicted octanol–water partition coefficient (Wildman–Crippen LogP) is 2.49. The lowest BCUT2D eigenvalue weighted by Gasteiger charge is -2.07. The number of rotatable bonds is 3. The van der Waals surface area contributed by atoms with Crippen LogP contribution in [0.4, 0.5) is 13.2 Å². The average Bonchev–Trinajstić information content (AvgIpc) is 2.23. The molecular weight excluding hydrogens is 245 g/mol. The fraction of sp³-hybridized carbons (Fsp3) is 0.100. The Morgan fingerprint density at radius 1 is 1.44 bits per heavy atom. The van der Waals surface area contributed by atoms with Gasteiger partial charge in [0.05, 0.1) is 5.56 Å². The van der Waals surface area contributed by atoms with Crippen molar-refractivity contribution >= 4 is 16.8 Å². The Labute approximate surface area is 94.0 Å². The van der Waals surface area contributed by atoms with Gasteiger partial charge in [-0.2, -0.15) is 4.39 Å². The molecule has 1 aromatic rings. The highest BCUT2D eigenvalue weighted by Gasteiger charge is 2.22. The van der Waals surface area contributed by atoms with E-state index in [1.165, 1.54) is 0 Å². The van der Waals surface area contributed by atoms with Gasteiger partial charge in [-0.1, -0.05) is 5.92 Å². The van der Waals surface area contributed by atoms with E-state index in [1.54, 1.807) is 0 Å². The minimum Gasteiger partial charge on any atom is -0.475 e. The average molecular weight is 249 g/mol. The number of carbonyl (C=O) groups is 1. The minimum absolute atomic E-state index is 0.429. The summed E-state index contributed by atoms with van der Waals surface area (Å²) in [7, 11) is 0. The molecule has 0 fully saturated rings. The van der Waals surface area contributed by atoms with Gasteiger partial charge in [0.2, 0.25) is 5.82 Å². The molecule has 0 aliphatic rings. The zero-order chi connectivity index (χ0) is 12.3. The SMILES string of the molecule is C#CCOc1c(F)cc(C(=O)Cl)c(F)c1F. The van der Waals surface area contributed by atoms with E-state index in [0.29, 0.717) is 6.07 Å². The Morgan fingerprint density at radius 2 is 2.06 bits per heavy atom. The van der Waals surface area contributed by atoms with Crippen molar-refractivity contribution in [3.8, 4) is 18.1 Å². The summed E-state index contributed by atoms with van der Waals surface area (Å²) in [5.74, 6) is -3.49. The second-order valence-electron chi connectivity index (χ2n) is 2.63. The molecule has 0 atom stereocenters. The molecule has 0 aromatic heterocycles. The molecule has 6 heteroatoms. The molecule has 0 heterocycles. The highest BCUT2D eigenvalue weighted by atomic mass is 35.5. The number of ether oxygens (including phenoxy) is 1. The van der Waals surface area contributed by atoms with Crippen LogP contribution in [0.15, 0.2) is 6.07 Å². The van der Waals surface area contributed by atoms with Gasteiger partial charge < -0.3 is 4.74 Å². The number of benzene rings is 1. The predicted molar refractivity (Wildman–Crippen MR) is 50.8 cm³/mol. The van der Waals surface area contributed by atoms with Crippen molar-refractivity contribution in [3.05, 3.63) is 29.1 Å². The molecule has 0 bridgehead atoms. The van der Waals surface area contributed by atoms with Gasteiger partial charge in [0.25, 0.3) is 5.24 Å². The summed E-state index contributed by atoms with van der Waals surface area (Å²) >= 11 is 4.92. The van der Waals surface area contributed by atoms with Crippen LogP contribution in [0.5, 0.6) is 5.75 Å². The smallest absolute Gasteiger partial charge is 0.255 e. The molecule has 0 radical (unpaired) electrons. The molecule has 0 aliphatic heterocycles. The minimum atomic E-state index is -1.64. The van der Waals surface area contributed by atoms with Gasteiger partial charge in [0.15, 0.2) is 17.4 Å². The van der Waals surface area contributed by atoms with E-state index in [9.17, 15) is 18.0 Å². The molecule has 0 aliphatic carbocycles. The van der Waals surface area contributed by atoms with Gasteiger partial charge in [0, 0.05) is 0 Å². The number of carbonyl (C=O) groups excluding carboxylic acids is 1. The van der Waals surface area contributed by atoms with Gasteiger partial charge in [-0.3, -0.25) is 4.79 Å². The van der Waals surface area contributed by atoms with Crippen LogP contribution in [0.25, 0.3) is 0 Å². The Kier molecular flexibility index (Phi) is 3.80. The third-order valence-corrected chi connectivity index (χ3v) is 1.83. The summed E-state index contributed by atoms with van der Waals surface area (Å²) in [6.07, 6.45) is 4.80. The van der Waals surface area contributed by atoms with Gasteiger partial charge in [-0.25, -0.2) is 8.78 Å². The number of halogens is 4. The highest BCUT2D eigenvalue weighted by Crippen LogP contribution is 2.27. The monoisotopic (exact) mass is 248 g/mol. The fourth-order valence-electron chi connectivity index (χ4n) is 0.968. The maximum atomic E-state index is 13.2. The van der Waals surface area contributed by atoms with Crippen LogP contribution in [0.2, 0.25) is 0 Å². The summed E-state index contributed by atoms with van der Waals surface area (Å²) in [6, 6.07) is 0.444.